The summed E-state index contributed by atoms with van der Waals surface area (Å²) in [5.41, 5.74) is 0.859. The number of aliphatic hydroxyl groups is 2. The van der Waals surface area contributed by atoms with Crippen molar-refractivity contribution in [2.24, 2.45) is 23.7 Å². The van der Waals surface area contributed by atoms with Crippen molar-refractivity contribution >= 4 is 62.0 Å². The number of allylic oxidation sites excluding steroid dienone is 2. The molecular weight excluding hydrogens is 823 g/mol. The number of hydrogen-bond donors (Lipinski definition) is 4. The number of ketones is 1. The Kier molecular flexibility index (Phi) is 13.3. The number of anilines is 2. The van der Waals surface area contributed by atoms with Crippen LogP contribution in [0, 0.1) is 30.6 Å². The molecule has 1 amide bonds. The molecule has 3 aliphatic rings. The standard InChI is InChI=1S/C49H59N3O12/c1-24-15-14-16-25(2)48(59)51-39-43(57)36-35(38-46(39)63-34-23-31(17-18-32(34)50-38)52-20-12-10-11-13-21-52)37-45(29(6)42(36)56)64-49(8,47(37)58)61-22-19-33(60-9)26(3)44(62-30(7)53)28(5)41(55)27(4)40(24)54/h14-19,22-24,26-28,33,40-41,44,54-55,57H,10-13,20-21H2,1-9H3,(H,51,59)/b15-14+,22-19+,25-16+/t24-,26+,27+,28+,33-,40-,41+,44+,49-/m0/s1. The van der Waals surface area contributed by atoms with Gasteiger partial charge in [-0.1, -0.05) is 58.8 Å². The quantitative estimate of drug-likeness (QED) is 0.0686. The molecule has 64 heavy (non-hydrogen) atoms. The summed E-state index contributed by atoms with van der Waals surface area (Å²) < 4.78 is 30.5. The minimum Gasteiger partial charge on any atom is -0.505 e. The molecule has 15 heteroatoms. The molecular formula is C49H59N3O12. The van der Waals surface area contributed by atoms with Gasteiger partial charge in [0.15, 0.2) is 22.3 Å². The summed E-state index contributed by atoms with van der Waals surface area (Å²) in [5.74, 6) is -7.09. The van der Waals surface area contributed by atoms with E-state index in [4.69, 9.17) is 28.3 Å². The van der Waals surface area contributed by atoms with Crippen LogP contribution in [-0.4, -0.2) is 88.4 Å². The van der Waals surface area contributed by atoms with Gasteiger partial charge in [0.2, 0.25) is 0 Å². The summed E-state index contributed by atoms with van der Waals surface area (Å²) in [5, 5.41) is 37.6. The Morgan fingerprint density at radius 2 is 1.66 bits per heavy atom. The van der Waals surface area contributed by atoms with Crippen molar-refractivity contribution in [2.45, 2.75) is 111 Å². The maximum absolute atomic E-state index is 14.8. The zero-order chi connectivity index (χ0) is 46.4. The molecule has 0 radical (unpaired) electrons. The number of carbonyl (C=O) groups is 3. The molecule has 3 aliphatic heterocycles. The summed E-state index contributed by atoms with van der Waals surface area (Å²) in [6.07, 6.45) is 8.10. The molecule has 4 bridgehead atoms. The van der Waals surface area contributed by atoms with Crippen molar-refractivity contribution < 1.29 is 53.1 Å². The van der Waals surface area contributed by atoms with Gasteiger partial charge in [0, 0.05) is 86.0 Å². The van der Waals surface area contributed by atoms with E-state index in [2.05, 4.69) is 10.2 Å². The number of nitrogens with one attached hydrogen (secondary N) is 1. The Morgan fingerprint density at radius 3 is 2.33 bits per heavy atom. The van der Waals surface area contributed by atoms with E-state index in [1.807, 2.05) is 12.1 Å². The van der Waals surface area contributed by atoms with Crippen LogP contribution in [0.2, 0.25) is 0 Å². The molecule has 1 aromatic heterocycles. The third-order valence-electron chi connectivity index (χ3n) is 13.3. The molecule has 9 atom stereocenters. The lowest BCUT2D eigenvalue weighted by molar-refractivity contribution is -0.160. The molecule has 4 N–H and O–H groups in total. The van der Waals surface area contributed by atoms with E-state index in [1.54, 1.807) is 52.8 Å². The fourth-order valence-corrected chi connectivity index (χ4v) is 9.32. The second-order valence-electron chi connectivity index (χ2n) is 17.8. The molecule has 0 saturated carbocycles. The molecule has 4 heterocycles. The lowest BCUT2D eigenvalue weighted by Crippen LogP contribution is -2.46. The van der Waals surface area contributed by atoms with Crippen LogP contribution in [-0.2, 0) is 23.8 Å². The highest BCUT2D eigenvalue weighted by molar-refractivity contribution is 6.26. The van der Waals surface area contributed by atoms with Gasteiger partial charge in [-0.3, -0.25) is 19.2 Å². The number of amides is 1. The minimum absolute atomic E-state index is 0.0105. The fraction of sp³-hybridized carbons (Fsp3) is 0.490. The van der Waals surface area contributed by atoms with Gasteiger partial charge in [-0.2, -0.15) is 0 Å². The number of rotatable bonds is 3. The molecule has 1 fully saturated rings. The van der Waals surface area contributed by atoms with Crippen molar-refractivity contribution in [1.82, 2.24) is 4.98 Å². The third kappa shape index (κ3) is 8.48. The number of esters is 1. The van der Waals surface area contributed by atoms with Crippen LogP contribution < -0.4 is 20.4 Å². The highest BCUT2D eigenvalue weighted by Crippen LogP contribution is 2.48. The summed E-state index contributed by atoms with van der Waals surface area (Å²) in [7, 11) is 1.45. The number of aromatic nitrogens is 1. The predicted molar refractivity (Wildman–Crippen MR) is 243 cm³/mol. The van der Waals surface area contributed by atoms with E-state index in [1.165, 1.54) is 46.3 Å². The SMILES string of the molecule is CO[C@H]1/C=C/O[C@@]2(C)Oc3c(C)c(=O)c4c(O)c(c5oc6cc(N7CCCCCC7)ccc6nc5c4c3C2=O)NC(=O)/C(C)=C/C=C/[C@H](C)[C@H](O)[C@@H](C)[C@@H](O)[C@@H](C)[C@H](OC(C)=O)[C@@H]1C. The van der Waals surface area contributed by atoms with Gasteiger partial charge >= 0.3 is 11.8 Å². The van der Waals surface area contributed by atoms with Crippen LogP contribution in [0.4, 0.5) is 11.4 Å². The lowest BCUT2D eigenvalue weighted by atomic mass is 9.78. The number of fused-ring (bicyclic) bond motifs is 2. The molecule has 3 aromatic carbocycles. The highest BCUT2D eigenvalue weighted by atomic mass is 16.7. The van der Waals surface area contributed by atoms with Gasteiger partial charge in [-0.25, -0.2) is 4.98 Å². The van der Waals surface area contributed by atoms with Crippen LogP contribution in [0.15, 0.2) is 63.6 Å². The molecule has 342 valence electrons. The Balaban J connectivity index is 1.44. The smallest absolute Gasteiger partial charge is 0.312 e. The number of hydrogen-bond acceptors (Lipinski definition) is 14. The molecule has 0 spiro atoms. The van der Waals surface area contributed by atoms with Crippen molar-refractivity contribution in [3.8, 4) is 11.5 Å². The Bertz CT molecular complexity index is 2640. The molecule has 0 aliphatic carbocycles. The van der Waals surface area contributed by atoms with Crippen LogP contribution in [0.3, 0.4) is 0 Å². The van der Waals surface area contributed by atoms with E-state index >= 15 is 0 Å². The third-order valence-corrected chi connectivity index (χ3v) is 13.3. The number of aromatic hydroxyl groups is 1. The van der Waals surface area contributed by atoms with Gasteiger partial charge in [-0.15, -0.1) is 0 Å². The maximum atomic E-state index is 14.8. The van der Waals surface area contributed by atoms with E-state index in [0.29, 0.717) is 11.1 Å². The summed E-state index contributed by atoms with van der Waals surface area (Å²) >= 11 is 0. The number of benzene rings is 3. The molecule has 7 rings (SSSR count). The number of nitrogens with zero attached hydrogens (tertiary/aromatic N) is 2. The molecule has 4 aromatic rings. The average Bonchev–Trinajstić information content (AvgIpc) is 3.41. The number of phenolic OH excluding ortho intramolecular Hbond substituents is 1. The molecule has 0 unspecified atom stereocenters. The summed E-state index contributed by atoms with van der Waals surface area (Å²) in [6.45, 7) is 14.4. The van der Waals surface area contributed by atoms with E-state index in [0.717, 1.165) is 44.5 Å². The second-order valence-corrected chi connectivity index (χ2v) is 17.8. The minimum atomic E-state index is -2.03. The first-order chi connectivity index (χ1) is 30.4. The fourth-order valence-electron chi connectivity index (χ4n) is 9.32. The van der Waals surface area contributed by atoms with Crippen molar-refractivity contribution in [3.63, 3.8) is 0 Å². The van der Waals surface area contributed by atoms with Crippen LogP contribution in [0.5, 0.6) is 11.5 Å². The second kappa shape index (κ2) is 18.4. The average molecular weight is 882 g/mol. The van der Waals surface area contributed by atoms with Gasteiger partial charge in [0.25, 0.3) is 11.7 Å². The number of ether oxygens (including phenoxy) is 4. The highest BCUT2D eigenvalue weighted by Gasteiger charge is 2.49. The summed E-state index contributed by atoms with van der Waals surface area (Å²) in [6, 6.07) is 5.61. The topological polar surface area (TPSA) is 207 Å². The van der Waals surface area contributed by atoms with Crippen LogP contribution in [0.25, 0.3) is 33.0 Å². The first-order valence-corrected chi connectivity index (χ1v) is 22.0. The Hall–Kier alpha value is -5.77. The predicted octanol–water partition coefficient (Wildman–Crippen LogP) is 7.38. The normalized spacial score (nSPS) is 30.4. The van der Waals surface area contributed by atoms with Crippen molar-refractivity contribution in [1.29, 1.82) is 0 Å². The van der Waals surface area contributed by atoms with Crippen molar-refractivity contribution in [2.75, 3.05) is 30.4 Å². The largest absolute Gasteiger partial charge is 0.505 e. The number of carbonyl (C=O) groups excluding carboxylic acids is 3. The monoisotopic (exact) mass is 881 g/mol. The summed E-state index contributed by atoms with van der Waals surface area (Å²) in [4.78, 5) is 62.8. The van der Waals surface area contributed by atoms with Gasteiger partial charge < -0.3 is 48.9 Å². The van der Waals surface area contributed by atoms with Crippen LogP contribution in [0.1, 0.15) is 90.1 Å². The number of Topliss-reactive ketones (excluding diaryl/α,β-unsaturated/α-hetero) is 1. The lowest BCUT2D eigenvalue weighted by Gasteiger charge is -2.38. The van der Waals surface area contributed by atoms with E-state index in [-0.39, 0.29) is 50.0 Å². The number of methoxy groups -OCH3 is 1. The van der Waals surface area contributed by atoms with Gasteiger partial charge in [0.1, 0.15) is 28.6 Å². The van der Waals surface area contributed by atoms with Crippen LogP contribution >= 0.6 is 0 Å². The van der Waals surface area contributed by atoms with Gasteiger partial charge in [0.05, 0.1) is 35.5 Å². The first-order valence-electron chi connectivity index (χ1n) is 22.0. The number of aliphatic hydroxyl groups excluding tert-OH is 2. The maximum Gasteiger partial charge on any atom is 0.312 e. The zero-order valence-corrected chi connectivity index (χ0v) is 37.9. The van der Waals surface area contributed by atoms with E-state index in [9.17, 15) is 34.5 Å². The number of phenols is 1. The van der Waals surface area contributed by atoms with Crippen molar-refractivity contribution in [3.05, 3.63) is 75.7 Å². The van der Waals surface area contributed by atoms with Gasteiger partial charge in [-0.05, 0) is 44.9 Å². The zero-order valence-electron chi connectivity index (χ0n) is 37.9. The molecule has 1 saturated heterocycles. The Labute approximate surface area is 371 Å². The Morgan fingerprint density at radius 1 is 0.953 bits per heavy atom. The molecule has 15 nitrogen and oxygen atoms in total. The van der Waals surface area contributed by atoms with E-state index < -0.39 is 82.7 Å². The first kappa shape index (κ1) is 46.2.